The molecule has 0 bridgehead atoms. The van der Waals surface area contributed by atoms with Crippen molar-refractivity contribution in [3.05, 3.63) is 35.4 Å². The van der Waals surface area contributed by atoms with E-state index in [9.17, 15) is 24.0 Å². The van der Waals surface area contributed by atoms with Gasteiger partial charge in [0.05, 0.1) is 13.5 Å². The molecule has 0 aromatic heterocycles. The zero-order valence-electron chi connectivity index (χ0n) is 19.4. The van der Waals surface area contributed by atoms with Gasteiger partial charge in [-0.1, -0.05) is 12.1 Å². The summed E-state index contributed by atoms with van der Waals surface area (Å²) in [6.07, 6.45) is 2.29. The smallest absolute Gasteiger partial charge is 0.328 e. The molecule has 0 unspecified atom stereocenters. The van der Waals surface area contributed by atoms with Crippen LogP contribution in [0, 0.1) is 5.41 Å². The highest BCUT2D eigenvalue weighted by Gasteiger charge is 2.43. The number of hydrogen-bond donors (Lipinski definition) is 1. The molecule has 0 radical (unpaired) electrons. The third kappa shape index (κ3) is 5.77. The Labute approximate surface area is 193 Å². The molecule has 1 spiro atoms. The van der Waals surface area contributed by atoms with Crippen molar-refractivity contribution in [2.75, 3.05) is 33.3 Å². The van der Waals surface area contributed by atoms with E-state index in [1.807, 2.05) is 4.90 Å². The zero-order valence-corrected chi connectivity index (χ0v) is 19.4. The number of methoxy groups -OCH3 is 1. The van der Waals surface area contributed by atoms with Gasteiger partial charge in [-0.2, -0.15) is 0 Å². The minimum atomic E-state index is -0.995. The number of hydrogen-bond acceptors (Lipinski definition) is 6. The van der Waals surface area contributed by atoms with Crippen molar-refractivity contribution >= 4 is 29.5 Å². The van der Waals surface area contributed by atoms with Crippen LogP contribution in [-0.4, -0.2) is 78.6 Å². The summed E-state index contributed by atoms with van der Waals surface area (Å²) < 4.78 is 4.70. The molecule has 2 aliphatic rings. The fourth-order valence-corrected chi connectivity index (χ4v) is 4.65. The topological polar surface area (TPSA) is 113 Å². The van der Waals surface area contributed by atoms with E-state index < -0.39 is 17.9 Å². The molecule has 0 aliphatic carbocycles. The summed E-state index contributed by atoms with van der Waals surface area (Å²) in [4.78, 5) is 63.9. The van der Waals surface area contributed by atoms with E-state index in [0.29, 0.717) is 37.3 Å². The summed E-state index contributed by atoms with van der Waals surface area (Å²) in [6.45, 7) is 5.16. The van der Waals surface area contributed by atoms with E-state index in [1.54, 1.807) is 29.2 Å². The monoisotopic (exact) mass is 457 g/mol. The van der Waals surface area contributed by atoms with Crippen molar-refractivity contribution in [2.24, 2.45) is 5.41 Å². The number of likely N-dealkylation sites (tertiary alicyclic amines) is 2. The Morgan fingerprint density at radius 2 is 1.48 bits per heavy atom. The molecule has 1 atom stereocenters. The summed E-state index contributed by atoms with van der Waals surface area (Å²) in [7, 11) is 1.22. The second kappa shape index (κ2) is 10.1. The molecule has 2 fully saturated rings. The standard InChI is InChI=1S/C24H31N3O6/c1-16(28)18-4-6-19(7-5-18)22(31)26-11-8-24(9-12-26)10-13-27(15-24)21(30)14-20(23(32)33-3)25-17(2)29/h4-7,20H,8-15H2,1-3H3,(H,25,29)/t20-/m0/s1. The van der Waals surface area contributed by atoms with Crippen LogP contribution in [0.15, 0.2) is 24.3 Å². The molecule has 1 aromatic rings. The SMILES string of the molecule is COC(=O)[C@H](CC(=O)N1CCC2(CCN(C(=O)c3ccc(C(C)=O)cc3)CC2)C1)NC(C)=O. The first-order valence-electron chi connectivity index (χ1n) is 11.2. The van der Waals surface area contributed by atoms with Crippen LogP contribution in [0.25, 0.3) is 0 Å². The number of nitrogens with zero attached hydrogens (tertiary/aromatic N) is 2. The molecule has 1 N–H and O–H groups in total. The van der Waals surface area contributed by atoms with Gasteiger partial charge in [-0.15, -0.1) is 0 Å². The minimum absolute atomic E-state index is 0.0378. The van der Waals surface area contributed by atoms with E-state index in [0.717, 1.165) is 19.3 Å². The van der Waals surface area contributed by atoms with Gasteiger partial charge in [-0.05, 0) is 43.7 Å². The number of benzene rings is 1. The van der Waals surface area contributed by atoms with Crippen molar-refractivity contribution in [3.8, 4) is 0 Å². The molecule has 3 amide bonds. The molecule has 1 aromatic carbocycles. The summed E-state index contributed by atoms with van der Waals surface area (Å²) >= 11 is 0. The van der Waals surface area contributed by atoms with Crippen molar-refractivity contribution in [2.45, 2.75) is 45.6 Å². The molecule has 9 nitrogen and oxygen atoms in total. The van der Waals surface area contributed by atoms with E-state index >= 15 is 0 Å². The quantitative estimate of drug-likeness (QED) is 0.511. The number of piperidine rings is 1. The van der Waals surface area contributed by atoms with Gasteiger partial charge < -0.3 is 19.9 Å². The lowest BCUT2D eigenvalue weighted by Crippen LogP contribution is -2.46. The van der Waals surface area contributed by atoms with Crippen LogP contribution in [0.2, 0.25) is 0 Å². The normalized spacial score (nSPS) is 18.0. The van der Waals surface area contributed by atoms with Gasteiger partial charge in [0.1, 0.15) is 6.04 Å². The van der Waals surface area contributed by atoms with Crippen LogP contribution in [0.1, 0.15) is 60.2 Å². The highest BCUT2D eigenvalue weighted by Crippen LogP contribution is 2.40. The number of carbonyl (C=O) groups is 5. The van der Waals surface area contributed by atoms with Crippen molar-refractivity contribution in [3.63, 3.8) is 0 Å². The van der Waals surface area contributed by atoms with Crippen LogP contribution >= 0.6 is 0 Å². The predicted octanol–water partition coefficient (Wildman–Crippen LogP) is 1.41. The number of ether oxygens (including phenoxy) is 1. The van der Waals surface area contributed by atoms with Crippen LogP contribution in [0.3, 0.4) is 0 Å². The fraction of sp³-hybridized carbons (Fsp3) is 0.542. The first kappa shape index (κ1) is 24.4. The molecule has 3 rings (SSSR count). The van der Waals surface area contributed by atoms with Crippen LogP contribution in [0.4, 0.5) is 0 Å². The molecule has 2 heterocycles. The van der Waals surface area contributed by atoms with Gasteiger partial charge in [0.2, 0.25) is 11.8 Å². The first-order chi connectivity index (χ1) is 15.6. The number of Topliss-reactive ketones (excluding diaryl/α,β-unsaturated/α-hetero) is 1. The number of rotatable bonds is 6. The largest absolute Gasteiger partial charge is 0.467 e. The van der Waals surface area contributed by atoms with Crippen molar-refractivity contribution in [1.82, 2.24) is 15.1 Å². The number of esters is 1. The van der Waals surface area contributed by atoms with Crippen LogP contribution in [0.5, 0.6) is 0 Å². The van der Waals surface area contributed by atoms with Crippen LogP contribution in [-0.2, 0) is 19.1 Å². The number of ketones is 1. The Morgan fingerprint density at radius 1 is 0.939 bits per heavy atom. The third-order valence-corrected chi connectivity index (χ3v) is 6.68. The average molecular weight is 458 g/mol. The Bertz CT molecular complexity index is 934. The molecule has 2 saturated heterocycles. The Kier molecular flexibility index (Phi) is 7.50. The highest BCUT2D eigenvalue weighted by atomic mass is 16.5. The van der Waals surface area contributed by atoms with Gasteiger partial charge in [0.15, 0.2) is 5.78 Å². The zero-order chi connectivity index (χ0) is 24.2. The predicted molar refractivity (Wildman–Crippen MR) is 119 cm³/mol. The Balaban J connectivity index is 1.55. The van der Waals surface area contributed by atoms with Gasteiger partial charge in [0.25, 0.3) is 5.91 Å². The van der Waals surface area contributed by atoms with Gasteiger partial charge in [0, 0.05) is 44.2 Å². The summed E-state index contributed by atoms with van der Waals surface area (Å²) in [5, 5.41) is 2.48. The van der Waals surface area contributed by atoms with Crippen LogP contribution < -0.4 is 5.32 Å². The third-order valence-electron chi connectivity index (χ3n) is 6.68. The molecule has 33 heavy (non-hydrogen) atoms. The second-order valence-corrected chi connectivity index (χ2v) is 8.97. The Morgan fingerprint density at radius 3 is 2.00 bits per heavy atom. The maximum atomic E-state index is 12.9. The lowest BCUT2D eigenvalue weighted by molar-refractivity contribution is -0.147. The second-order valence-electron chi connectivity index (χ2n) is 8.97. The summed E-state index contributed by atoms with van der Waals surface area (Å²) in [5.41, 5.74) is 1.10. The molecular formula is C24H31N3O6. The Hall–Kier alpha value is -3.23. The van der Waals surface area contributed by atoms with E-state index in [4.69, 9.17) is 4.74 Å². The first-order valence-corrected chi connectivity index (χ1v) is 11.2. The summed E-state index contributed by atoms with van der Waals surface area (Å²) in [5.74, 6) is -1.33. The number of carbonyl (C=O) groups excluding carboxylic acids is 5. The molecule has 178 valence electrons. The molecular weight excluding hydrogens is 426 g/mol. The van der Waals surface area contributed by atoms with Crippen molar-refractivity contribution < 1.29 is 28.7 Å². The van der Waals surface area contributed by atoms with Gasteiger partial charge in [-0.3, -0.25) is 19.2 Å². The van der Waals surface area contributed by atoms with Gasteiger partial charge >= 0.3 is 5.97 Å². The number of nitrogens with one attached hydrogen (secondary N) is 1. The van der Waals surface area contributed by atoms with E-state index in [-0.39, 0.29) is 29.4 Å². The fourth-order valence-electron chi connectivity index (χ4n) is 4.65. The van der Waals surface area contributed by atoms with E-state index in [2.05, 4.69) is 5.32 Å². The summed E-state index contributed by atoms with van der Waals surface area (Å²) in [6, 6.07) is 5.72. The van der Waals surface area contributed by atoms with Gasteiger partial charge in [-0.25, -0.2) is 4.79 Å². The maximum Gasteiger partial charge on any atom is 0.328 e. The molecule has 9 heteroatoms. The van der Waals surface area contributed by atoms with Crippen molar-refractivity contribution in [1.29, 1.82) is 0 Å². The highest BCUT2D eigenvalue weighted by molar-refractivity contribution is 5.97. The number of amides is 3. The molecule has 2 aliphatic heterocycles. The lowest BCUT2D eigenvalue weighted by Gasteiger charge is -2.39. The average Bonchev–Trinajstić information content (AvgIpc) is 3.21. The lowest BCUT2D eigenvalue weighted by atomic mass is 9.77. The minimum Gasteiger partial charge on any atom is -0.467 e. The maximum absolute atomic E-state index is 12.9. The molecule has 0 saturated carbocycles. The van der Waals surface area contributed by atoms with E-state index in [1.165, 1.54) is 21.0 Å².